The number of hydrogen-bond acceptors (Lipinski definition) is 4. The molecule has 1 aromatic carbocycles. The maximum atomic E-state index is 10.7. The first-order chi connectivity index (χ1) is 10.5. The summed E-state index contributed by atoms with van der Waals surface area (Å²) in [6.07, 6.45) is 1.79. The maximum absolute atomic E-state index is 10.7. The van der Waals surface area contributed by atoms with E-state index in [1.807, 2.05) is 18.2 Å². The van der Waals surface area contributed by atoms with Gasteiger partial charge in [0.15, 0.2) is 0 Å². The molecule has 0 spiro atoms. The maximum Gasteiger partial charge on any atom is 0.269 e. The Morgan fingerprint density at radius 3 is 2.27 bits per heavy atom. The first-order valence-electron chi connectivity index (χ1n) is 7.40. The van der Waals surface area contributed by atoms with Gasteiger partial charge in [-0.15, -0.1) is 0 Å². The number of nitrogens with zero attached hydrogens (tertiary/aromatic N) is 2. The summed E-state index contributed by atoms with van der Waals surface area (Å²) in [6, 6.07) is 12.8. The first kappa shape index (κ1) is 16.1. The summed E-state index contributed by atoms with van der Waals surface area (Å²) < 4.78 is 0. The average Bonchev–Trinajstić information content (AvgIpc) is 2.53. The molecular formula is C17H21N3O2. The Kier molecular flexibility index (Phi) is 5.22. The normalized spacial score (nSPS) is 13.8. The fourth-order valence-electron chi connectivity index (χ4n) is 2.43. The van der Waals surface area contributed by atoms with Gasteiger partial charge in [-0.3, -0.25) is 15.1 Å². The highest BCUT2D eigenvalue weighted by atomic mass is 16.6. The van der Waals surface area contributed by atoms with E-state index in [9.17, 15) is 10.1 Å². The number of nitro groups is 1. The molecule has 1 aromatic heterocycles. The molecule has 2 aromatic rings. The van der Waals surface area contributed by atoms with E-state index >= 15 is 0 Å². The third-order valence-corrected chi connectivity index (χ3v) is 3.71. The topological polar surface area (TPSA) is 68.1 Å². The molecule has 5 heteroatoms. The smallest absolute Gasteiger partial charge is 0.269 e. The van der Waals surface area contributed by atoms with Gasteiger partial charge in [-0.25, -0.2) is 0 Å². The first-order valence-corrected chi connectivity index (χ1v) is 7.40. The van der Waals surface area contributed by atoms with Crippen LogP contribution in [0.2, 0.25) is 0 Å². The van der Waals surface area contributed by atoms with Gasteiger partial charge in [-0.2, -0.15) is 0 Å². The van der Waals surface area contributed by atoms with Gasteiger partial charge >= 0.3 is 0 Å². The lowest BCUT2D eigenvalue weighted by Crippen LogP contribution is -2.29. The van der Waals surface area contributed by atoms with Crippen LogP contribution in [0.15, 0.2) is 48.7 Å². The number of hydrogen-bond donors (Lipinski definition) is 1. The standard InChI is InChI=1S/C17H21N3O2/c1-12(2)17(16-6-4-5-11-18-16)19-13(3)14-7-9-15(10-8-14)20(21)22/h4-13,17,19H,1-3H3. The van der Waals surface area contributed by atoms with E-state index in [0.717, 1.165) is 11.3 Å². The van der Waals surface area contributed by atoms with Gasteiger partial charge in [0.2, 0.25) is 0 Å². The van der Waals surface area contributed by atoms with Crippen LogP contribution in [0, 0.1) is 16.0 Å². The number of rotatable bonds is 6. The third kappa shape index (κ3) is 3.89. The molecule has 2 atom stereocenters. The van der Waals surface area contributed by atoms with Crippen molar-refractivity contribution in [2.24, 2.45) is 5.92 Å². The molecule has 0 radical (unpaired) electrons. The molecule has 1 heterocycles. The zero-order chi connectivity index (χ0) is 16.1. The predicted molar refractivity (Wildman–Crippen MR) is 86.5 cm³/mol. The second-order valence-corrected chi connectivity index (χ2v) is 5.71. The van der Waals surface area contributed by atoms with Crippen LogP contribution >= 0.6 is 0 Å². The molecule has 0 aliphatic heterocycles. The van der Waals surface area contributed by atoms with Crippen molar-refractivity contribution < 1.29 is 4.92 Å². The molecule has 116 valence electrons. The van der Waals surface area contributed by atoms with Crippen molar-refractivity contribution in [1.82, 2.24) is 10.3 Å². The van der Waals surface area contributed by atoms with Crippen molar-refractivity contribution in [2.75, 3.05) is 0 Å². The van der Waals surface area contributed by atoms with Gasteiger partial charge in [0.05, 0.1) is 16.7 Å². The van der Waals surface area contributed by atoms with E-state index < -0.39 is 0 Å². The summed E-state index contributed by atoms with van der Waals surface area (Å²) in [4.78, 5) is 14.8. The Labute approximate surface area is 130 Å². The van der Waals surface area contributed by atoms with Crippen molar-refractivity contribution in [1.29, 1.82) is 0 Å². The fourth-order valence-corrected chi connectivity index (χ4v) is 2.43. The summed E-state index contributed by atoms with van der Waals surface area (Å²) in [6.45, 7) is 6.35. The van der Waals surface area contributed by atoms with Crippen LogP contribution < -0.4 is 5.32 Å². The van der Waals surface area contributed by atoms with E-state index in [0.29, 0.717) is 5.92 Å². The highest BCUT2D eigenvalue weighted by molar-refractivity contribution is 5.34. The molecule has 2 unspecified atom stereocenters. The summed E-state index contributed by atoms with van der Waals surface area (Å²) >= 11 is 0. The van der Waals surface area contributed by atoms with Crippen molar-refractivity contribution in [3.05, 3.63) is 70.0 Å². The molecule has 0 aliphatic rings. The molecule has 0 saturated carbocycles. The monoisotopic (exact) mass is 299 g/mol. The van der Waals surface area contributed by atoms with Crippen molar-refractivity contribution in [3.8, 4) is 0 Å². The third-order valence-electron chi connectivity index (χ3n) is 3.71. The number of benzene rings is 1. The Morgan fingerprint density at radius 2 is 1.77 bits per heavy atom. The van der Waals surface area contributed by atoms with Crippen LogP contribution in [0.4, 0.5) is 5.69 Å². The molecule has 0 amide bonds. The minimum Gasteiger partial charge on any atom is -0.302 e. The van der Waals surface area contributed by atoms with Gasteiger partial charge in [0.25, 0.3) is 5.69 Å². The van der Waals surface area contributed by atoms with Crippen molar-refractivity contribution >= 4 is 5.69 Å². The number of pyridine rings is 1. The number of aromatic nitrogens is 1. The van der Waals surface area contributed by atoms with Gasteiger partial charge in [-0.1, -0.05) is 32.0 Å². The number of nitrogens with one attached hydrogen (secondary N) is 1. The van der Waals surface area contributed by atoms with Crippen LogP contribution in [0.25, 0.3) is 0 Å². The predicted octanol–water partition coefficient (Wildman–Crippen LogP) is 4.04. The largest absolute Gasteiger partial charge is 0.302 e. The molecule has 0 fully saturated rings. The molecule has 2 rings (SSSR count). The van der Waals surface area contributed by atoms with Crippen molar-refractivity contribution in [3.63, 3.8) is 0 Å². The lowest BCUT2D eigenvalue weighted by molar-refractivity contribution is -0.384. The lowest BCUT2D eigenvalue weighted by Gasteiger charge is -2.26. The molecule has 5 nitrogen and oxygen atoms in total. The van der Waals surface area contributed by atoms with Crippen LogP contribution in [0.1, 0.15) is 44.1 Å². The molecule has 1 N–H and O–H groups in total. The SMILES string of the molecule is CC(NC(c1ccccn1)C(C)C)c1ccc([N+](=O)[O-])cc1. The van der Waals surface area contributed by atoms with E-state index in [4.69, 9.17) is 0 Å². The Hall–Kier alpha value is -2.27. The van der Waals surface area contributed by atoms with Gasteiger partial charge in [0.1, 0.15) is 0 Å². The second kappa shape index (κ2) is 7.13. The number of nitro benzene ring substituents is 1. The van der Waals surface area contributed by atoms with Crippen LogP contribution in [0.3, 0.4) is 0 Å². The van der Waals surface area contributed by atoms with Crippen LogP contribution in [-0.2, 0) is 0 Å². The summed E-state index contributed by atoms with van der Waals surface area (Å²) in [5.41, 5.74) is 2.14. The minimum atomic E-state index is -0.382. The fraction of sp³-hybridized carbons (Fsp3) is 0.353. The summed E-state index contributed by atoms with van der Waals surface area (Å²) in [5.74, 6) is 0.385. The summed E-state index contributed by atoms with van der Waals surface area (Å²) in [7, 11) is 0. The number of non-ortho nitro benzene ring substituents is 1. The van der Waals surface area contributed by atoms with E-state index in [-0.39, 0.29) is 22.7 Å². The highest BCUT2D eigenvalue weighted by Gasteiger charge is 2.20. The second-order valence-electron chi connectivity index (χ2n) is 5.71. The van der Waals surface area contributed by atoms with Crippen molar-refractivity contribution in [2.45, 2.75) is 32.9 Å². The quantitative estimate of drug-likeness (QED) is 0.645. The molecule has 22 heavy (non-hydrogen) atoms. The summed E-state index contributed by atoms with van der Waals surface area (Å²) in [5, 5.41) is 14.3. The van der Waals surface area contributed by atoms with Gasteiger partial charge < -0.3 is 5.32 Å². The highest BCUT2D eigenvalue weighted by Crippen LogP contribution is 2.25. The molecule has 0 bridgehead atoms. The molecule has 0 aliphatic carbocycles. The van der Waals surface area contributed by atoms with Gasteiger partial charge in [-0.05, 0) is 30.5 Å². The van der Waals surface area contributed by atoms with Crippen LogP contribution in [0.5, 0.6) is 0 Å². The zero-order valence-electron chi connectivity index (χ0n) is 13.1. The average molecular weight is 299 g/mol. The van der Waals surface area contributed by atoms with E-state index in [2.05, 4.69) is 31.1 Å². The Balaban J connectivity index is 2.14. The zero-order valence-corrected chi connectivity index (χ0v) is 13.1. The van der Waals surface area contributed by atoms with Gasteiger partial charge in [0, 0.05) is 24.4 Å². The van der Waals surface area contributed by atoms with E-state index in [1.54, 1.807) is 30.5 Å². The minimum absolute atomic E-state index is 0.0789. The Bertz CT molecular complexity index is 612. The Morgan fingerprint density at radius 1 is 1.09 bits per heavy atom. The van der Waals surface area contributed by atoms with Crippen LogP contribution in [-0.4, -0.2) is 9.91 Å². The molecular weight excluding hydrogens is 278 g/mol. The lowest BCUT2D eigenvalue weighted by atomic mass is 9.98. The van der Waals surface area contributed by atoms with E-state index in [1.165, 1.54) is 0 Å². The molecule has 0 saturated heterocycles.